The number of nitrogens with one attached hydrogen (secondary N) is 1. The molecular weight excluding hydrogens is 432 g/mol. The molecule has 0 bridgehead atoms. The molecule has 0 atom stereocenters. The molecule has 2 heterocycles. The summed E-state index contributed by atoms with van der Waals surface area (Å²) in [4.78, 5) is 33.7. The molecule has 4 rings (SSSR count). The van der Waals surface area contributed by atoms with Crippen LogP contribution in [0.2, 0.25) is 5.02 Å². The number of amides is 2. The Morgan fingerprint density at radius 1 is 1.00 bits per heavy atom. The molecule has 1 N–H and O–H groups in total. The molecule has 1 saturated heterocycles. The van der Waals surface area contributed by atoms with Crippen LogP contribution < -0.4 is 5.32 Å². The van der Waals surface area contributed by atoms with E-state index in [-0.39, 0.29) is 18.2 Å². The van der Waals surface area contributed by atoms with Gasteiger partial charge in [-0.3, -0.25) is 19.8 Å². The standard InChI is InChI=1S/C23H23ClN4O2S/c24-19-8-6-18(7-9-19)22(30)26-23-25-20(16-31-23)14-21(29)28-12-10-27(11-13-28)15-17-4-2-1-3-5-17/h1-9,16H,10-15H2,(H,25,26,30). The zero-order valence-electron chi connectivity index (χ0n) is 17.0. The van der Waals surface area contributed by atoms with Gasteiger partial charge in [-0.05, 0) is 29.8 Å². The van der Waals surface area contributed by atoms with Crippen molar-refractivity contribution in [2.45, 2.75) is 13.0 Å². The van der Waals surface area contributed by atoms with Gasteiger partial charge in [0.05, 0.1) is 12.1 Å². The summed E-state index contributed by atoms with van der Waals surface area (Å²) in [5.41, 5.74) is 2.47. The van der Waals surface area contributed by atoms with E-state index in [9.17, 15) is 9.59 Å². The van der Waals surface area contributed by atoms with Gasteiger partial charge in [0.1, 0.15) is 0 Å². The largest absolute Gasteiger partial charge is 0.340 e. The highest BCUT2D eigenvalue weighted by atomic mass is 35.5. The predicted molar refractivity (Wildman–Crippen MR) is 124 cm³/mol. The van der Waals surface area contributed by atoms with Crippen molar-refractivity contribution in [2.75, 3.05) is 31.5 Å². The first-order valence-electron chi connectivity index (χ1n) is 10.1. The maximum Gasteiger partial charge on any atom is 0.257 e. The topological polar surface area (TPSA) is 65.5 Å². The molecule has 1 aromatic heterocycles. The van der Waals surface area contributed by atoms with Crippen LogP contribution in [0.25, 0.3) is 0 Å². The number of rotatable bonds is 6. The number of hydrogen-bond donors (Lipinski definition) is 1. The van der Waals surface area contributed by atoms with Crippen LogP contribution in [0.3, 0.4) is 0 Å². The Labute approximate surface area is 190 Å². The van der Waals surface area contributed by atoms with Crippen LogP contribution in [0.4, 0.5) is 5.13 Å². The Hall–Kier alpha value is -2.74. The van der Waals surface area contributed by atoms with Crippen molar-refractivity contribution in [1.82, 2.24) is 14.8 Å². The van der Waals surface area contributed by atoms with E-state index in [1.807, 2.05) is 16.3 Å². The number of carbonyl (C=O) groups excluding carboxylic acids is 2. The first kappa shape index (κ1) is 21.5. The lowest BCUT2D eigenvalue weighted by atomic mass is 10.2. The second-order valence-corrected chi connectivity index (χ2v) is 8.72. The van der Waals surface area contributed by atoms with E-state index in [0.717, 1.165) is 32.7 Å². The van der Waals surface area contributed by atoms with Gasteiger partial charge in [0.15, 0.2) is 5.13 Å². The summed E-state index contributed by atoms with van der Waals surface area (Å²) in [6.45, 7) is 4.07. The van der Waals surface area contributed by atoms with Crippen molar-refractivity contribution in [3.63, 3.8) is 0 Å². The molecule has 3 aromatic rings. The third-order valence-corrected chi connectivity index (χ3v) is 6.24. The molecule has 1 aliphatic heterocycles. The molecule has 2 aromatic carbocycles. The first-order chi connectivity index (χ1) is 15.1. The van der Waals surface area contributed by atoms with Gasteiger partial charge in [-0.2, -0.15) is 0 Å². The van der Waals surface area contributed by atoms with Gasteiger partial charge in [0.2, 0.25) is 5.91 Å². The van der Waals surface area contributed by atoms with E-state index >= 15 is 0 Å². The molecule has 0 saturated carbocycles. The molecule has 2 amide bonds. The highest BCUT2D eigenvalue weighted by Crippen LogP contribution is 2.19. The van der Waals surface area contributed by atoms with Gasteiger partial charge < -0.3 is 4.90 Å². The molecule has 1 aliphatic rings. The van der Waals surface area contributed by atoms with Crippen LogP contribution in [-0.4, -0.2) is 52.8 Å². The van der Waals surface area contributed by atoms with E-state index in [1.165, 1.54) is 16.9 Å². The van der Waals surface area contributed by atoms with Gasteiger partial charge >= 0.3 is 0 Å². The molecule has 6 nitrogen and oxygen atoms in total. The Kier molecular flexibility index (Phi) is 6.96. The molecule has 0 spiro atoms. The molecule has 160 valence electrons. The number of anilines is 1. The summed E-state index contributed by atoms with van der Waals surface area (Å²) in [6, 6.07) is 17.0. The fourth-order valence-electron chi connectivity index (χ4n) is 3.48. The number of piperazine rings is 1. The third-order valence-electron chi connectivity index (χ3n) is 5.18. The maximum absolute atomic E-state index is 12.7. The molecule has 0 radical (unpaired) electrons. The lowest BCUT2D eigenvalue weighted by Crippen LogP contribution is -2.48. The average Bonchev–Trinajstić information content (AvgIpc) is 3.22. The molecular formula is C23H23ClN4O2S. The van der Waals surface area contributed by atoms with Crippen molar-refractivity contribution < 1.29 is 9.59 Å². The van der Waals surface area contributed by atoms with E-state index in [1.54, 1.807) is 24.3 Å². The summed E-state index contributed by atoms with van der Waals surface area (Å²) in [6.07, 6.45) is 0.242. The van der Waals surface area contributed by atoms with Crippen LogP contribution in [-0.2, 0) is 17.8 Å². The van der Waals surface area contributed by atoms with Crippen molar-refractivity contribution in [1.29, 1.82) is 0 Å². The zero-order valence-corrected chi connectivity index (χ0v) is 18.5. The number of halogens is 1. The lowest BCUT2D eigenvalue weighted by Gasteiger charge is -2.34. The molecule has 0 unspecified atom stereocenters. The van der Waals surface area contributed by atoms with Crippen molar-refractivity contribution in [2.24, 2.45) is 0 Å². The van der Waals surface area contributed by atoms with E-state index in [2.05, 4.69) is 39.5 Å². The van der Waals surface area contributed by atoms with E-state index < -0.39 is 0 Å². The summed E-state index contributed by atoms with van der Waals surface area (Å²) in [5.74, 6) is -0.182. The number of aromatic nitrogens is 1. The summed E-state index contributed by atoms with van der Waals surface area (Å²) in [7, 11) is 0. The van der Waals surface area contributed by atoms with Crippen molar-refractivity contribution in [3.8, 4) is 0 Å². The zero-order chi connectivity index (χ0) is 21.6. The summed E-state index contributed by atoms with van der Waals surface area (Å²) < 4.78 is 0. The van der Waals surface area contributed by atoms with Crippen LogP contribution >= 0.6 is 22.9 Å². The van der Waals surface area contributed by atoms with Gasteiger partial charge in [0, 0.05) is 48.7 Å². The van der Waals surface area contributed by atoms with Crippen LogP contribution in [0.15, 0.2) is 60.0 Å². The van der Waals surface area contributed by atoms with Crippen molar-refractivity contribution in [3.05, 3.63) is 81.8 Å². The van der Waals surface area contributed by atoms with Gasteiger partial charge in [-0.1, -0.05) is 41.9 Å². The minimum atomic E-state index is -0.251. The number of benzene rings is 2. The van der Waals surface area contributed by atoms with Crippen LogP contribution in [0, 0.1) is 0 Å². The first-order valence-corrected chi connectivity index (χ1v) is 11.4. The second-order valence-electron chi connectivity index (χ2n) is 7.42. The summed E-state index contributed by atoms with van der Waals surface area (Å²) in [5, 5.41) is 5.65. The van der Waals surface area contributed by atoms with Gasteiger partial charge in [0.25, 0.3) is 5.91 Å². The quantitative estimate of drug-likeness (QED) is 0.612. The molecule has 1 fully saturated rings. The Bertz CT molecular complexity index is 1030. The molecule has 0 aliphatic carbocycles. The number of nitrogens with zero attached hydrogens (tertiary/aromatic N) is 3. The minimum Gasteiger partial charge on any atom is -0.340 e. The average molecular weight is 455 g/mol. The fraction of sp³-hybridized carbons (Fsp3) is 0.261. The van der Waals surface area contributed by atoms with E-state index in [0.29, 0.717) is 21.4 Å². The predicted octanol–water partition coefficient (Wildman–Crippen LogP) is 3.94. The monoisotopic (exact) mass is 454 g/mol. The van der Waals surface area contributed by atoms with Gasteiger partial charge in [-0.15, -0.1) is 11.3 Å². The van der Waals surface area contributed by atoms with Crippen molar-refractivity contribution >= 4 is 39.9 Å². The second kappa shape index (κ2) is 10.0. The lowest BCUT2D eigenvalue weighted by molar-refractivity contribution is -0.132. The Morgan fingerprint density at radius 3 is 2.42 bits per heavy atom. The fourth-order valence-corrected chi connectivity index (χ4v) is 4.31. The van der Waals surface area contributed by atoms with E-state index in [4.69, 9.17) is 11.6 Å². The number of hydrogen-bond acceptors (Lipinski definition) is 5. The number of carbonyl (C=O) groups is 2. The smallest absolute Gasteiger partial charge is 0.257 e. The van der Waals surface area contributed by atoms with Gasteiger partial charge in [-0.25, -0.2) is 4.98 Å². The van der Waals surface area contributed by atoms with Crippen LogP contribution in [0.5, 0.6) is 0 Å². The highest BCUT2D eigenvalue weighted by molar-refractivity contribution is 7.14. The Balaban J connectivity index is 1.25. The highest BCUT2D eigenvalue weighted by Gasteiger charge is 2.22. The number of thiazole rings is 1. The van der Waals surface area contributed by atoms with Crippen LogP contribution in [0.1, 0.15) is 21.6 Å². The third kappa shape index (κ3) is 5.91. The SMILES string of the molecule is O=C(Nc1nc(CC(=O)N2CCN(Cc3ccccc3)CC2)cs1)c1ccc(Cl)cc1. The molecule has 31 heavy (non-hydrogen) atoms. The maximum atomic E-state index is 12.7. The Morgan fingerprint density at radius 2 is 1.71 bits per heavy atom. The summed E-state index contributed by atoms with van der Waals surface area (Å²) >= 11 is 7.17. The normalized spacial score (nSPS) is 14.4. The minimum absolute atomic E-state index is 0.0697. The molecule has 8 heteroatoms.